The molecule has 0 aliphatic carbocycles. The van der Waals surface area contributed by atoms with Gasteiger partial charge in [-0.1, -0.05) is 23.2 Å². The van der Waals surface area contributed by atoms with E-state index in [0.29, 0.717) is 28.0 Å². The van der Waals surface area contributed by atoms with Gasteiger partial charge in [-0.15, -0.1) is 0 Å². The second-order valence-corrected chi connectivity index (χ2v) is 5.06. The van der Waals surface area contributed by atoms with Gasteiger partial charge in [0.05, 0.1) is 17.9 Å². The Kier molecular flexibility index (Phi) is 4.94. The summed E-state index contributed by atoms with van der Waals surface area (Å²) in [5.41, 5.74) is 0.547. The number of hydrogen-bond acceptors (Lipinski definition) is 3. The number of hydrogen-bond donors (Lipinski definition) is 2. The Morgan fingerprint density at radius 1 is 1.19 bits per heavy atom. The average Bonchev–Trinajstić information content (AvgIpc) is 2.43. The minimum absolute atomic E-state index is 0.0697. The highest BCUT2D eigenvalue weighted by molar-refractivity contribution is 6.31. The molecule has 0 atom stereocenters. The van der Waals surface area contributed by atoms with Crippen LogP contribution in [0.1, 0.15) is 17.3 Å². The van der Waals surface area contributed by atoms with Crippen molar-refractivity contribution in [2.75, 3.05) is 11.9 Å². The predicted molar refractivity (Wildman–Crippen MR) is 83.7 cm³/mol. The van der Waals surface area contributed by atoms with Crippen LogP contribution in [0.4, 0.5) is 5.69 Å². The maximum atomic E-state index is 12.3. The molecule has 0 spiro atoms. The molecule has 2 aromatic rings. The molecule has 4 nitrogen and oxygen atoms in total. The van der Waals surface area contributed by atoms with E-state index in [0.717, 1.165) is 0 Å². The summed E-state index contributed by atoms with van der Waals surface area (Å²) >= 11 is 11.7. The quantitative estimate of drug-likeness (QED) is 0.821. The zero-order valence-corrected chi connectivity index (χ0v) is 12.7. The Morgan fingerprint density at radius 3 is 2.57 bits per heavy atom. The number of nitrogens with one attached hydrogen (secondary N) is 1. The average molecular weight is 326 g/mol. The number of rotatable bonds is 4. The van der Waals surface area contributed by atoms with Crippen molar-refractivity contribution in [1.29, 1.82) is 0 Å². The molecule has 0 heterocycles. The van der Waals surface area contributed by atoms with Crippen LogP contribution in [0.3, 0.4) is 0 Å². The predicted octanol–water partition coefficient (Wildman–Crippen LogP) is 4.35. The van der Waals surface area contributed by atoms with Gasteiger partial charge in [0.1, 0.15) is 11.5 Å². The van der Waals surface area contributed by atoms with Crippen molar-refractivity contribution in [2.24, 2.45) is 0 Å². The lowest BCUT2D eigenvalue weighted by Crippen LogP contribution is -2.13. The van der Waals surface area contributed by atoms with Crippen molar-refractivity contribution >= 4 is 34.8 Å². The van der Waals surface area contributed by atoms with Gasteiger partial charge >= 0.3 is 0 Å². The second-order valence-electron chi connectivity index (χ2n) is 4.19. The Balaban J connectivity index is 2.30. The molecule has 21 heavy (non-hydrogen) atoms. The highest BCUT2D eigenvalue weighted by atomic mass is 35.5. The van der Waals surface area contributed by atoms with E-state index in [1.165, 1.54) is 18.2 Å². The fourth-order valence-corrected chi connectivity index (χ4v) is 2.09. The van der Waals surface area contributed by atoms with Gasteiger partial charge in [0.25, 0.3) is 5.91 Å². The first kappa shape index (κ1) is 15.5. The van der Waals surface area contributed by atoms with E-state index in [1.807, 2.05) is 6.92 Å². The monoisotopic (exact) mass is 325 g/mol. The number of ether oxygens (including phenoxy) is 1. The van der Waals surface area contributed by atoms with Crippen LogP contribution in [-0.2, 0) is 0 Å². The smallest absolute Gasteiger partial charge is 0.259 e. The number of aromatic hydroxyl groups is 1. The van der Waals surface area contributed by atoms with Gasteiger partial charge in [0, 0.05) is 10.0 Å². The zero-order valence-electron chi connectivity index (χ0n) is 11.2. The normalized spacial score (nSPS) is 10.2. The third-order valence-electron chi connectivity index (χ3n) is 2.69. The summed E-state index contributed by atoms with van der Waals surface area (Å²) in [6.07, 6.45) is 0. The number of benzene rings is 2. The molecule has 110 valence electrons. The maximum Gasteiger partial charge on any atom is 0.259 e. The van der Waals surface area contributed by atoms with Crippen molar-refractivity contribution in [3.05, 3.63) is 52.0 Å². The lowest BCUT2D eigenvalue weighted by molar-refractivity contribution is 0.102. The first-order valence-corrected chi connectivity index (χ1v) is 6.99. The minimum Gasteiger partial charge on any atom is -0.506 e. The van der Waals surface area contributed by atoms with Gasteiger partial charge in [0.2, 0.25) is 0 Å². The molecule has 0 aliphatic heterocycles. The largest absolute Gasteiger partial charge is 0.506 e. The summed E-state index contributed by atoms with van der Waals surface area (Å²) in [6, 6.07) is 9.12. The third-order valence-corrected chi connectivity index (χ3v) is 3.17. The molecule has 0 bridgehead atoms. The van der Waals surface area contributed by atoms with Gasteiger partial charge in [-0.25, -0.2) is 0 Å². The molecule has 0 radical (unpaired) electrons. The zero-order chi connectivity index (χ0) is 15.4. The highest BCUT2D eigenvalue weighted by Crippen LogP contribution is 2.29. The molecule has 2 rings (SSSR count). The second kappa shape index (κ2) is 6.70. The fraction of sp³-hybridized carbons (Fsp3) is 0.133. The van der Waals surface area contributed by atoms with Crippen molar-refractivity contribution < 1.29 is 14.6 Å². The van der Waals surface area contributed by atoms with E-state index in [2.05, 4.69) is 5.32 Å². The number of amides is 1. The van der Waals surface area contributed by atoms with Crippen molar-refractivity contribution in [1.82, 2.24) is 0 Å². The van der Waals surface area contributed by atoms with Gasteiger partial charge in [-0.3, -0.25) is 4.79 Å². The van der Waals surface area contributed by atoms with Gasteiger partial charge in [-0.05, 0) is 43.3 Å². The van der Waals surface area contributed by atoms with Crippen LogP contribution in [0.15, 0.2) is 36.4 Å². The molecule has 1 amide bonds. The summed E-state index contributed by atoms with van der Waals surface area (Å²) in [6.45, 7) is 2.22. The highest BCUT2D eigenvalue weighted by Gasteiger charge is 2.15. The molecular weight excluding hydrogens is 313 g/mol. The number of phenolic OH excluding ortho intramolecular Hbond substituents is 1. The lowest BCUT2D eigenvalue weighted by atomic mass is 10.1. The topological polar surface area (TPSA) is 58.6 Å². The van der Waals surface area contributed by atoms with Crippen LogP contribution in [0.2, 0.25) is 10.0 Å². The van der Waals surface area contributed by atoms with Gasteiger partial charge in [0.15, 0.2) is 0 Å². The van der Waals surface area contributed by atoms with E-state index in [1.54, 1.807) is 18.2 Å². The minimum atomic E-state index is -0.423. The number of phenols is 1. The number of carbonyl (C=O) groups excluding carboxylic acids is 1. The molecule has 2 aromatic carbocycles. The SMILES string of the molecule is CCOc1cc(Cl)ccc1C(=O)Nc1cc(Cl)ccc1O. The molecule has 0 saturated carbocycles. The van der Waals surface area contributed by atoms with Gasteiger partial charge in [-0.2, -0.15) is 0 Å². The Labute approximate surface area is 132 Å². The molecule has 0 saturated heterocycles. The van der Waals surface area contributed by atoms with Crippen LogP contribution in [0.5, 0.6) is 11.5 Å². The van der Waals surface area contributed by atoms with Gasteiger partial charge < -0.3 is 15.2 Å². The summed E-state index contributed by atoms with van der Waals surface area (Å²) in [5, 5.41) is 13.2. The third kappa shape index (κ3) is 3.80. The molecule has 0 aliphatic rings. The van der Waals surface area contributed by atoms with E-state index in [4.69, 9.17) is 27.9 Å². The summed E-state index contributed by atoms with van der Waals surface area (Å²) in [5.74, 6) is -0.114. The Bertz CT molecular complexity index is 674. The molecule has 6 heteroatoms. The molecular formula is C15H13Cl2NO3. The van der Waals surface area contributed by atoms with Crippen LogP contribution in [0.25, 0.3) is 0 Å². The first-order valence-electron chi connectivity index (χ1n) is 6.23. The van der Waals surface area contributed by atoms with Crippen LogP contribution >= 0.6 is 23.2 Å². The van der Waals surface area contributed by atoms with Crippen molar-refractivity contribution in [2.45, 2.75) is 6.92 Å². The van der Waals surface area contributed by atoms with E-state index < -0.39 is 5.91 Å². The summed E-state index contributed by atoms with van der Waals surface area (Å²) in [7, 11) is 0. The van der Waals surface area contributed by atoms with Crippen molar-refractivity contribution in [3.8, 4) is 11.5 Å². The Morgan fingerprint density at radius 2 is 1.86 bits per heavy atom. The molecule has 0 aromatic heterocycles. The van der Waals surface area contributed by atoms with Crippen LogP contribution in [-0.4, -0.2) is 17.6 Å². The standard InChI is InChI=1S/C15H13Cl2NO3/c1-2-21-14-8-10(17)3-5-11(14)15(20)18-12-7-9(16)4-6-13(12)19/h3-8,19H,2H2,1H3,(H,18,20). The van der Waals surface area contributed by atoms with Crippen LogP contribution in [0, 0.1) is 0 Å². The molecule has 2 N–H and O–H groups in total. The van der Waals surface area contributed by atoms with E-state index in [-0.39, 0.29) is 11.4 Å². The molecule has 0 unspecified atom stereocenters. The fourth-order valence-electron chi connectivity index (χ4n) is 1.76. The molecule has 0 fully saturated rings. The van der Waals surface area contributed by atoms with E-state index >= 15 is 0 Å². The lowest BCUT2D eigenvalue weighted by Gasteiger charge is -2.12. The number of anilines is 1. The van der Waals surface area contributed by atoms with Crippen molar-refractivity contribution in [3.63, 3.8) is 0 Å². The number of carbonyl (C=O) groups is 1. The summed E-state index contributed by atoms with van der Waals surface area (Å²) in [4.78, 5) is 12.3. The first-order chi connectivity index (χ1) is 10.0. The van der Waals surface area contributed by atoms with Crippen LogP contribution < -0.4 is 10.1 Å². The maximum absolute atomic E-state index is 12.3. The summed E-state index contributed by atoms with van der Waals surface area (Å²) < 4.78 is 5.40. The number of halogens is 2. The van der Waals surface area contributed by atoms with E-state index in [9.17, 15) is 9.90 Å². The Hall–Kier alpha value is -1.91.